The average molecular weight is 1260 g/mol. The Balaban J connectivity index is 0.000000197. The summed E-state index contributed by atoms with van der Waals surface area (Å²) in [7, 11) is 0. The fraction of sp³-hybridized carbons (Fsp3) is 0.123. The predicted molar refractivity (Wildman–Crippen MR) is 366 cm³/mol. The van der Waals surface area contributed by atoms with Gasteiger partial charge in [0.2, 0.25) is 11.9 Å². The molecule has 93 heavy (non-hydrogen) atoms. The number of nitrogens with zero attached hydrogens (tertiary/aromatic N) is 5. The Bertz CT molecular complexity index is 4370. The molecular weight excluding hydrogens is 1190 g/mol. The van der Waals surface area contributed by atoms with Crippen LogP contribution in [0.4, 0.5) is 11.4 Å². The molecule has 0 aromatic heterocycles. The van der Waals surface area contributed by atoms with Gasteiger partial charge in [-0.1, -0.05) is 259 Å². The summed E-state index contributed by atoms with van der Waals surface area (Å²) in [5.74, 6) is 0.0798. The summed E-state index contributed by atoms with van der Waals surface area (Å²) in [6.07, 6.45) is 10.1. The van der Waals surface area contributed by atoms with Gasteiger partial charge < -0.3 is 20.2 Å². The van der Waals surface area contributed by atoms with Crippen LogP contribution >= 0.6 is 0 Å². The molecule has 476 valence electrons. The van der Waals surface area contributed by atoms with Crippen molar-refractivity contribution in [1.29, 1.82) is 0 Å². The zero-order valence-corrected chi connectivity index (χ0v) is 47.8. The lowest BCUT2D eigenvalue weighted by molar-refractivity contribution is -0.779. The van der Waals surface area contributed by atoms with Crippen molar-refractivity contribution in [2.45, 2.75) is 59.5 Å². The maximum Gasteiger partial charge on any atom is 0.311 e. The minimum Gasteiger partial charge on any atom is -0.507 e. The number of fused-ring (bicyclic) bond motifs is 7. The van der Waals surface area contributed by atoms with E-state index in [0.29, 0.717) is 28.7 Å². The van der Waals surface area contributed by atoms with E-state index in [1.54, 1.807) is 72.8 Å². The maximum atomic E-state index is 10.8. The number of aliphatic hydroxyl groups is 1. The summed E-state index contributed by atoms with van der Waals surface area (Å²) in [5.41, 5.74) is 5.09. The van der Waals surface area contributed by atoms with E-state index in [2.05, 4.69) is 64.3 Å². The molecule has 0 saturated carbocycles. The lowest BCUT2D eigenvalue weighted by Gasteiger charge is -2.22. The number of aliphatic hydroxyl groups excluding tert-OH is 1. The highest BCUT2D eigenvalue weighted by Crippen LogP contribution is 2.35. The number of nitro groups is 3. The van der Waals surface area contributed by atoms with E-state index < -0.39 is 38.3 Å². The van der Waals surface area contributed by atoms with E-state index >= 15 is 0 Å². The highest BCUT2D eigenvalue weighted by Gasteiger charge is 2.37. The predicted octanol–water partition coefficient (Wildman–Crippen LogP) is 18.6. The number of phenolic OH excluding ortho intramolecular Hbond substituents is 2. The Kier molecular flexibility index (Phi) is 27.1. The number of nitro benzene ring substituents is 2. The number of benzene rings is 11. The summed E-state index contributed by atoms with van der Waals surface area (Å²) in [6.45, 7) is 0. The maximum absolute atomic E-state index is 10.8. The van der Waals surface area contributed by atoms with Gasteiger partial charge in [-0.15, -0.1) is 20.2 Å². The Hall–Kier alpha value is -12.2. The highest BCUT2D eigenvalue weighted by atomic mass is 17.0. The number of aromatic hydroxyl groups is 2. The number of non-ortho nitro benzene ring substituents is 1. The summed E-state index contributed by atoms with van der Waals surface area (Å²) >= 11 is 0. The molecular formula is C73H69N5O15. The Morgan fingerprint density at radius 2 is 0.828 bits per heavy atom. The van der Waals surface area contributed by atoms with Gasteiger partial charge in [-0.2, -0.15) is 0 Å². The van der Waals surface area contributed by atoms with E-state index in [-0.39, 0.29) is 50.4 Å². The van der Waals surface area contributed by atoms with Gasteiger partial charge in [-0.25, -0.2) is 0 Å². The molecule has 0 radical (unpaired) electrons. The van der Waals surface area contributed by atoms with E-state index in [9.17, 15) is 65.9 Å². The largest absolute Gasteiger partial charge is 0.507 e. The van der Waals surface area contributed by atoms with Crippen LogP contribution in [0.1, 0.15) is 86.8 Å². The van der Waals surface area contributed by atoms with Crippen LogP contribution in [0.25, 0.3) is 61.3 Å². The van der Waals surface area contributed by atoms with E-state index in [1.807, 2.05) is 133 Å². The number of hydrogen-bond acceptors (Lipinski definition) is 15. The molecule has 20 heteroatoms. The molecule has 0 fully saturated rings. The number of rotatable bonds is 7. The second kappa shape index (κ2) is 35.1. The lowest BCUT2D eigenvalue weighted by atomic mass is 9.92. The van der Waals surface area contributed by atoms with Gasteiger partial charge in [0.25, 0.3) is 21.9 Å². The minimum atomic E-state index is -1.24. The fourth-order valence-electron chi connectivity index (χ4n) is 9.85. The van der Waals surface area contributed by atoms with Crippen molar-refractivity contribution >= 4 is 72.7 Å². The smallest absolute Gasteiger partial charge is 0.311 e. The van der Waals surface area contributed by atoms with Crippen LogP contribution in [0.5, 0.6) is 11.5 Å². The van der Waals surface area contributed by atoms with E-state index in [0.717, 1.165) is 55.6 Å². The van der Waals surface area contributed by atoms with Gasteiger partial charge >= 0.3 is 5.69 Å². The quantitative estimate of drug-likeness (QED) is 0.0987. The van der Waals surface area contributed by atoms with Crippen molar-refractivity contribution in [3.05, 3.63) is 345 Å². The Morgan fingerprint density at radius 1 is 0.398 bits per heavy atom. The van der Waals surface area contributed by atoms with Crippen molar-refractivity contribution in [1.82, 2.24) is 0 Å². The van der Waals surface area contributed by atoms with Crippen LogP contribution in [-0.4, -0.2) is 46.3 Å². The van der Waals surface area contributed by atoms with Crippen LogP contribution < -0.4 is 0 Å². The molecule has 11 aromatic rings. The van der Waals surface area contributed by atoms with Gasteiger partial charge in [-0.05, 0) is 103 Å². The second-order valence-corrected chi connectivity index (χ2v) is 19.9. The number of phenols is 2. The zero-order chi connectivity index (χ0) is 63.9. The standard InChI is InChI=1S/C10H8N2O5.C10H9NO3.C10H7NO3.C10H7NO2.C10H10O.C10H8O.C10H8.3CH4/c13-11(14)9-6-5-7-3-1-2-4-8(7)10(9)17-12(15)16;12-11(13)14-10-7-3-5-8-4-1-2-6-9(8)10;12-10-8-4-2-1-3-7(8)5-6-9(10)11(13)14;12-11(13)10-6-5-8-3-1-2-4-9(8)7-10;2*11-10-7-3-5-8-4-1-2-6-9(8)10;1-2-6-10-8-4-3-7-9(10)5-1;;;/h1-6,9-10H;1-6,10H,7H2;1-6,12H;1-7H;1-6,10-11H,7H2;1-7,11H;1-8H;3*1H4. The Morgan fingerprint density at radius 3 is 1.35 bits per heavy atom. The van der Waals surface area contributed by atoms with Crippen molar-refractivity contribution in [2.24, 2.45) is 0 Å². The van der Waals surface area contributed by atoms with Gasteiger partial charge in [-0.3, -0.25) is 35.2 Å². The zero-order valence-electron chi connectivity index (χ0n) is 47.8. The summed E-state index contributed by atoms with van der Waals surface area (Å²) in [4.78, 5) is 59.8. The third-order valence-electron chi connectivity index (χ3n) is 14.2. The highest BCUT2D eigenvalue weighted by molar-refractivity contribution is 5.91. The number of hydrogen-bond donors (Lipinski definition) is 3. The first-order valence-corrected chi connectivity index (χ1v) is 27.9. The van der Waals surface area contributed by atoms with Gasteiger partial charge in [0.1, 0.15) is 11.9 Å². The third-order valence-corrected chi connectivity index (χ3v) is 14.2. The molecule has 3 aliphatic rings. The Labute approximate surface area is 536 Å². The molecule has 4 atom stereocenters. The fourth-order valence-corrected chi connectivity index (χ4v) is 9.85. The van der Waals surface area contributed by atoms with Gasteiger partial charge in [0, 0.05) is 33.9 Å². The van der Waals surface area contributed by atoms with Crippen molar-refractivity contribution < 1.29 is 49.9 Å². The molecule has 11 aromatic carbocycles. The van der Waals surface area contributed by atoms with Crippen LogP contribution in [-0.2, 0) is 9.68 Å². The first kappa shape index (κ1) is 71.6. The third kappa shape index (κ3) is 19.7. The van der Waals surface area contributed by atoms with Gasteiger partial charge in [0.05, 0.1) is 16.0 Å². The second-order valence-electron chi connectivity index (χ2n) is 19.9. The summed E-state index contributed by atoms with van der Waals surface area (Å²) < 4.78 is 0. The normalized spacial score (nSPS) is 14.5. The average Bonchev–Trinajstić information content (AvgIpc) is 0.922. The van der Waals surface area contributed by atoms with E-state index in [1.165, 1.54) is 29.0 Å². The van der Waals surface area contributed by atoms with Crippen molar-refractivity contribution in [3.63, 3.8) is 0 Å². The molecule has 0 saturated heterocycles. The molecule has 0 aliphatic heterocycles. The van der Waals surface area contributed by atoms with Crippen LogP contribution in [0.2, 0.25) is 0 Å². The van der Waals surface area contributed by atoms with Crippen molar-refractivity contribution in [3.8, 4) is 11.5 Å². The lowest BCUT2D eigenvalue weighted by Crippen LogP contribution is -2.31. The van der Waals surface area contributed by atoms with Crippen molar-refractivity contribution in [2.75, 3.05) is 0 Å². The molecule has 0 amide bonds. The molecule has 4 unspecified atom stereocenters. The first-order valence-electron chi connectivity index (χ1n) is 27.9. The summed E-state index contributed by atoms with van der Waals surface area (Å²) in [6, 6.07) is 73.3. The van der Waals surface area contributed by atoms with Gasteiger partial charge in [0.15, 0.2) is 0 Å². The summed E-state index contributed by atoms with van der Waals surface area (Å²) in [5, 5.41) is 86.9. The monoisotopic (exact) mass is 1260 g/mol. The molecule has 0 heterocycles. The SMILES string of the molecule is C.C.C.O=[N+]([O-])OC1CC=Cc2ccccc21.O=[N+]([O-])OC1c2ccccc2C=CC1[N+](=O)[O-].O=[N+]([O-])c1ccc2ccccc2c1.O=[N+]([O-])c1ccc2ccccc2c1O.OC1CC=Cc2ccccc21.Oc1cccc2ccccc12.c1ccc2ccccc2c1. The van der Waals surface area contributed by atoms with Crippen LogP contribution in [0.15, 0.2) is 261 Å². The molecule has 14 rings (SSSR count). The van der Waals surface area contributed by atoms with Crippen LogP contribution in [0.3, 0.4) is 0 Å². The van der Waals surface area contributed by atoms with E-state index in [4.69, 9.17) is 0 Å². The minimum absolute atomic E-state index is 0. The molecule has 0 spiro atoms. The first-order chi connectivity index (χ1) is 43.6. The molecule has 3 N–H and O–H groups in total. The van der Waals surface area contributed by atoms with Crippen LogP contribution in [0, 0.1) is 50.6 Å². The molecule has 20 nitrogen and oxygen atoms in total. The molecule has 3 aliphatic carbocycles. The molecule has 0 bridgehead atoms. The topological polar surface area (TPSA) is 295 Å².